The number of hydrogen-bond acceptors (Lipinski definition) is 4. The first-order valence-electron chi connectivity index (χ1n) is 11.7. The number of carbonyl (C=O) groups excluding carboxylic acids is 3. The Kier molecular flexibility index (Phi) is 5.93. The number of hydrogen-bond donors (Lipinski definition) is 1. The lowest BCUT2D eigenvalue weighted by Gasteiger charge is -2.33. The number of halogens is 2. The molecule has 1 N–H and O–H groups in total. The Morgan fingerprint density at radius 1 is 0.971 bits per heavy atom. The third-order valence-corrected chi connectivity index (χ3v) is 7.19. The molecule has 3 heterocycles. The van der Waals surface area contributed by atoms with E-state index in [1.165, 1.54) is 23.1 Å². The van der Waals surface area contributed by atoms with Gasteiger partial charge in [0, 0.05) is 25.1 Å². The van der Waals surface area contributed by atoms with Crippen LogP contribution in [0.2, 0.25) is 0 Å². The second kappa shape index (κ2) is 8.91. The molecule has 5 rings (SSSR count). The van der Waals surface area contributed by atoms with Crippen molar-refractivity contribution in [1.29, 1.82) is 0 Å². The number of benzene rings is 2. The zero-order valence-corrected chi connectivity index (χ0v) is 19.1. The van der Waals surface area contributed by atoms with Crippen molar-refractivity contribution in [2.45, 2.75) is 57.7 Å². The smallest absolute Gasteiger partial charge is 0.255 e. The molecule has 0 saturated carbocycles. The number of rotatable bonds is 4. The van der Waals surface area contributed by atoms with E-state index in [1.807, 2.05) is 13.0 Å². The maximum Gasteiger partial charge on any atom is 0.255 e. The molecule has 0 radical (unpaired) electrons. The third-order valence-electron chi connectivity index (χ3n) is 7.19. The van der Waals surface area contributed by atoms with Gasteiger partial charge in [-0.1, -0.05) is 6.07 Å². The monoisotopic (exact) mass is 467 g/mol. The number of amides is 3. The van der Waals surface area contributed by atoms with Crippen molar-refractivity contribution in [1.82, 2.24) is 15.1 Å². The van der Waals surface area contributed by atoms with E-state index in [4.69, 9.17) is 0 Å². The summed E-state index contributed by atoms with van der Waals surface area (Å²) in [4.78, 5) is 40.7. The summed E-state index contributed by atoms with van der Waals surface area (Å²) in [5.41, 5.74) is 3.77. The topological polar surface area (TPSA) is 69.7 Å². The molecule has 0 aromatic heterocycles. The van der Waals surface area contributed by atoms with Gasteiger partial charge in [-0.25, -0.2) is 8.78 Å². The largest absolute Gasteiger partial charge is 0.322 e. The average molecular weight is 468 g/mol. The highest BCUT2D eigenvalue weighted by Gasteiger charge is 2.41. The number of fused-ring (bicyclic) bond motifs is 1. The molecule has 0 spiro atoms. The van der Waals surface area contributed by atoms with Gasteiger partial charge in [-0.15, -0.1) is 0 Å². The van der Waals surface area contributed by atoms with Gasteiger partial charge in [-0.2, -0.15) is 0 Å². The summed E-state index contributed by atoms with van der Waals surface area (Å²) >= 11 is 0. The molecule has 1 atom stereocenters. The molecule has 2 aromatic carbocycles. The van der Waals surface area contributed by atoms with Crippen LogP contribution in [0, 0.1) is 18.6 Å². The summed E-state index contributed by atoms with van der Waals surface area (Å²) in [7, 11) is 0. The molecule has 0 aliphatic carbocycles. The van der Waals surface area contributed by atoms with E-state index in [0.29, 0.717) is 12.1 Å². The number of likely N-dealkylation sites (tertiary alicyclic amines) is 1. The van der Waals surface area contributed by atoms with Crippen LogP contribution in [0.4, 0.5) is 8.78 Å². The summed E-state index contributed by atoms with van der Waals surface area (Å²) in [6.45, 7) is 4.36. The molecule has 3 aliphatic rings. The van der Waals surface area contributed by atoms with E-state index in [-0.39, 0.29) is 42.9 Å². The van der Waals surface area contributed by atoms with E-state index in [0.717, 1.165) is 48.2 Å². The summed E-state index contributed by atoms with van der Waals surface area (Å²) in [6, 6.07) is 7.13. The second-order valence-corrected chi connectivity index (χ2v) is 9.61. The molecule has 2 saturated heterocycles. The van der Waals surface area contributed by atoms with Crippen molar-refractivity contribution >= 4 is 17.7 Å². The molecular formula is C26H27F2N3O3. The van der Waals surface area contributed by atoms with E-state index in [2.05, 4.69) is 10.2 Å². The van der Waals surface area contributed by atoms with Crippen molar-refractivity contribution < 1.29 is 23.2 Å². The van der Waals surface area contributed by atoms with Crippen LogP contribution >= 0.6 is 0 Å². The summed E-state index contributed by atoms with van der Waals surface area (Å²) in [5, 5.41) is 2.30. The first-order chi connectivity index (χ1) is 16.3. The predicted molar refractivity (Wildman–Crippen MR) is 121 cm³/mol. The van der Waals surface area contributed by atoms with Gasteiger partial charge in [-0.05, 0) is 91.7 Å². The molecule has 1 unspecified atom stereocenters. The Hall–Kier alpha value is -3.13. The van der Waals surface area contributed by atoms with Gasteiger partial charge < -0.3 is 4.90 Å². The van der Waals surface area contributed by atoms with Crippen LogP contribution in [0.1, 0.15) is 64.2 Å². The molecule has 3 amide bonds. The summed E-state index contributed by atoms with van der Waals surface area (Å²) in [6.07, 6.45) is 2.06. The van der Waals surface area contributed by atoms with Gasteiger partial charge in [0.2, 0.25) is 11.8 Å². The van der Waals surface area contributed by atoms with E-state index >= 15 is 0 Å². The van der Waals surface area contributed by atoms with Crippen LogP contribution in [-0.4, -0.2) is 46.7 Å². The third kappa shape index (κ3) is 4.34. The van der Waals surface area contributed by atoms with E-state index in [1.54, 1.807) is 6.07 Å². The fraction of sp³-hybridized carbons (Fsp3) is 0.423. The molecule has 178 valence electrons. The second-order valence-electron chi connectivity index (χ2n) is 9.61. The Morgan fingerprint density at radius 3 is 2.41 bits per heavy atom. The molecule has 2 fully saturated rings. The lowest BCUT2D eigenvalue weighted by Crippen LogP contribution is -2.52. The number of aryl methyl sites for hydroxylation is 1. The van der Waals surface area contributed by atoms with E-state index in [9.17, 15) is 23.2 Å². The molecule has 34 heavy (non-hydrogen) atoms. The fourth-order valence-corrected chi connectivity index (χ4v) is 5.58. The molecule has 3 aliphatic heterocycles. The molecule has 0 bridgehead atoms. The minimum Gasteiger partial charge on any atom is -0.322 e. The molecular weight excluding hydrogens is 440 g/mol. The van der Waals surface area contributed by atoms with Crippen molar-refractivity contribution in [3.8, 4) is 0 Å². The van der Waals surface area contributed by atoms with E-state index < -0.39 is 17.8 Å². The van der Waals surface area contributed by atoms with Gasteiger partial charge in [0.05, 0.1) is 0 Å². The standard InChI is InChI=1S/C26H27F2N3O3/c1-15-8-16(10-18(27)9-15)13-30-6-4-17(5-7-30)20-11-19(28)12-21-22(20)14-31(26(21)34)23-2-3-24(32)29-25(23)33/h8-12,17,23H,2-7,13-14H2,1H3,(H,29,32,33). The van der Waals surface area contributed by atoms with Crippen molar-refractivity contribution in [2.75, 3.05) is 13.1 Å². The normalized spacial score (nSPS) is 21.7. The quantitative estimate of drug-likeness (QED) is 0.700. The van der Waals surface area contributed by atoms with Crippen LogP contribution in [-0.2, 0) is 22.7 Å². The molecule has 2 aromatic rings. The Bertz CT molecular complexity index is 1150. The highest BCUT2D eigenvalue weighted by atomic mass is 19.1. The number of carbonyl (C=O) groups is 3. The summed E-state index contributed by atoms with van der Waals surface area (Å²) < 4.78 is 28.3. The van der Waals surface area contributed by atoms with Crippen LogP contribution in [0.15, 0.2) is 30.3 Å². The predicted octanol–water partition coefficient (Wildman–Crippen LogP) is 3.41. The van der Waals surface area contributed by atoms with Gasteiger partial charge in [0.1, 0.15) is 17.7 Å². The lowest BCUT2D eigenvalue weighted by atomic mass is 9.85. The molecule has 8 heteroatoms. The minimum atomic E-state index is -0.718. The zero-order chi connectivity index (χ0) is 24.0. The zero-order valence-electron chi connectivity index (χ0n) is 19.1. The first-order valence-corrected chi connectivity index (χ1v) is 11.7. The highest BCUT2D eigenvalue weighted by Crippen LogP contribution is 2.38. The van der Waals surface area contributed by atoms with Crippen LogP contribution in [0.3, 0.4) is 0 Å². The van der Waals surface area contributed by atoms with Crippen LogP contribution < -0.4 is 5.32 Å². The van der Waals surface area contributed by atoms with Gasteiger partial charge in [-0.3, -0.25) is 24.6 Å². The minimum absolute atomic E-state index is 0.101. The lowest BCUT2D eigenvalue weighted by molar-refractivity contribution is -0.136. The van der Waals surface area contributed by atoms with Crippen molar-refractivity contribution in [2.24, 2.45) is 0 Å². The Balaban J connectivity index is 1.31. The fourth-order valence-electron chi connectivity index (χ4n) is 5.58. The Labute approximate surface area is 196 Å². The van der Waals surface area contributed by atoms with Crippen molar-refractivity contribution in [3.05, 3.63) is 69.8 Å². The first kappa shape index (κ1) is 22.7. The average Bonchev–Trinajstić information content (AvgIpc) is 3.09. The maximum absolute atomic E-state index is 14.5. The van der Waals surface area contributed by atoms with Crippen LogP contribution in [0.25, 0.3) is 0 Å². The SMILES string of the molecule is Cc1cc(F)cc(CN2CCC(c3cc(F)cc4c3CN(C3CCC(=O)NC3=O)C4=O)CC2)c1. The van der Waals surface area contributed by atoms with Crippen LogP contribution in [0.5, 0.6) is 0 Å². The molecule has 6 nitrogen and oxygen atoms in total. The number of piperidine rings is 2. The summed E-state index contributed by atoms with van der Waals surface area (Å²) in [5.74, 6) is -1.75. The number of imide groups is 1. The van der Waals surface area contributed by atoms with Crippen molar-refractivity contribution in [3.63, 3.8) is 0 Å². The highest BCUT2D eigenvalue weighted by molar-refractivity contribution is 6.05. The Morgan fingerprint density at radius 2 is 1.71 bits per heavy atom. The van der Waals surface area contributed by atoms with Gasteiger partial charge >= 0.3 is 0 Å². The maximum atomic E-state index is 14.5. The number of nitrogens with zero attached hydrogens (tertiary/aromatic N) is 2. The van der Waals surface area contributed by atoms with Gasteiger partial charge in [0.25, 0.3) is 5.91 Å². The number of nitrogens with one attached hydrogen (secondary N) is 1. The van der Waals surface area contributed by atoms with Gasteiger partial charge in [0.15, 0.2) is 0 Å².